The largest absolute Gasteiger partial charge is 0.460 e. The molecule has 4 rings (SSSR count). The summed E-state index contributed by atoms with van der Waals surface area (Å²) in [5.41, 5.74) is -0.139. The first kappa shape index (κ1) is 35.1. The van der Waals surface area contributed by atoms with Gasteiger partial charge in [0.25, 0.3) is 5.91 Å². The van der Waals surface area contributed by atoms with Gasteiger partial charge in [0.2, 0.25) is 15.7 Å². The third-order valence-electron chi connectivity index (χ3n) is 7.26. The maximum Gasteiger partial charge on any atom is 0.409 e. The van der Waals surface area contributed by atoms with E-state index in [0.717, 1.165) is 0 Å². The van der Waals surface area contributed by atoms with Gasteiger partial charge < -0.3 is 24.6 Å². The number of hydrogen-bond acceptors (Lipinski definition) is 9. The normalized spacial score (nSPS) is 14.2. The predicted molar refractivity (Wildman–Crippen MR) is 173 cm³/mol. The van der Waals surface area contributed by atoms with E-state index in [1.807, 2.05) is 6.07 Å². The van der Waals surface area contributed by atoms with Crippen LogP contribution >= 0.6 is 0 Å². The lowest BCUT2D eigenvalue weighted by Crippen LogP contribution is -2.56. The van der Waals surface area contributed by atoms with Gasteiger partial charge in [-0.1, -0.05) is 48.5 Å². The molecular formula is C34H40N4O8S. The SMILES string of the molecule is CCOC(=O)N1CCN(C(=O)C(CCC(=O)OC(C)(C)C)NC(=O)c2nc(-c3ccccc3)ccc2S(=O)(=O)c2ccccc2)CC1. The molecule has 13 heteroatoms. The molecule has 0 bridgehead atoms. The molecule has 0 spiro atoms. The highest BCUT2D eigenvalue weighted by Crippen LogP contribution is 2.27. The van der Waals surface area contributed by atoms with Crippen molar-refractivity contribution in [3.63, 3.8) is 0 Å². The number of nitrogens with one attached hydrogen (secondary N) is 1. The van der Waals surface area contributed by atoms with Gasteiger partial charge in [-0.25, -0.2) is 18.2 Å². The van der Waals surface area contributed by atoms with Gasteiger partial charge in [0.15, 0.2) is 0 Å². The first-order valence-corrected chi connectivity index (χ1v) is 16.9. The second kappa shape index (κ2) is 15.2. The molecule has 1 aliphatic rings. The molecule has 0 aliphatic carbocycles. The summed E-state index contributed by atoms with van der Waals surface area (Å²) in [4.78, 5) is 59.8. The van der Waals surface area contributed by atoms with E-state index in [4.69, 9.17) is 9.47 Å². The molecule has 1 aromatic heterocycles. The molecule has 1 N–H and O–H groups in total. The predicted octanol–water partition coefficient (Wildman–Crippen LogP) is 4.10. The van der Waals surface area contributed by atoms with Crippen molar-refractivity contribution in [3.05, 3.63) is 78.5 Å². The maximum absolute atomic E-state index is 14.0. The molecule has 250 valence electrons. The number of carbonyl (C=O) groups is 4. The van der Waals surface area contributed by atoms with Crippen molar-refractivity contribution < 1.29 is 37.1 Å². The highest BCUT2D eigenvalue weighted by Gasteiger charge is 2.34. The number of piperazine rings is 1. The van der Waals surface area contributed by atoms with E-state index < -0.39 is 51.1 Å². The van der Waals surface area contributed by atoms with Crippen LogP contribution in [-0.2, 0) is 28.9 Å². The average molecular weight is 665 g/mol. The molecule has 2 aromatic carbocycles. The standard InChI is InChI=1S/C34H40N4O8S/c1-5-45-33(42)38-22-20-37(21-23-38)32(41)27(17-19-29(39)46-34(2,3)4)36-31(40)30-28(47(43,44)25-14-10-7-11-15-25)18-16-26(35-30)24-12-8-6-9-13-24/h6-16,18,27H,5,17,19-23H2,1-4H3,(H,36,40). The zero-order chi connectivity index (χ0) is 34.2. The van der Waals surface area contributed by atoms with Crippen LogP contribution in [0.1, 0.15) is 51.0 Å². The quantitative estimate of drug-likeness (QED) is 0.316. The Bertz CT molecular complexity index is 1680. The number of ether oxygens (including phenoxy) is 2. The molecule has 47 heavy (non-hydrogen) atoms. The van der Waals surface area contributed by atoms with E-state index in [-0.39, 0.29) is 55.4 Å². The Balaban J connectivity index is 1.67. The smallest absolute Gasteiger partial charge is 0.409 e. The monoisotopic (exact) mass is 664 g/mol. The Hall–Kier alpha value is -4.78. The molecule has 3 aromatic rings. The Morgan fingerprint density at radius 1 is 0.872 bits per heavy atom. The van der Waals surface area contributed by atoms with E-state index >= 15 is 0 Å². The number of esters is 1. The molecule has 2 heterocycles. The van der Waals surface area contributed by atoms with Crippen LogP contribution in [0.5, 0.6) is 0 Å². The lowest BCUT2D eigenvalue weighted by atomic mass is 10.1. The Morgan fingerprint density at radius 2 is 1.47 bits per heavy atom. The van der Waals surface area contributed by atoms with E-state index in [2.05, 4.69) is 10.3 Å². The first-order valence-electron chi connectivity index (χ1n) is 15.4. The minimum Gasteiger partial charge on any atom is -0.460 e. The summed E-state index contributed by atoms with van der Waals surface area (Å²) >= 11 is 0. The second-order valence-corrected chi connectivity index (χ2v) is 13.8. The van der Waals surface area contributed by atoms with Crippen molar-refractivity contribution in [2.24, 2.45) is 0 Å². The van der Waals surface area contributed by atoms with Crippen molar-refractivity contribution in [1.29, 1.82) is 0 Å². The number of amides is 3. The number of carbonyl (C=O) groups excluding carboxylic acids is 4. The average Bonchev–Trinajstić information content (AvgIpc) is 3.06. The Labute approximate surface area is 275 Å². The van der Waals surface area contributed by atoms with Crippen molar-refractivity contribution in [2.45, 2.75) is 62.0 Å². The number of rotatable bonds is 10. The van der Waals surface area contributed by atoms with Gasteiger partial charge >= 0.3 is 12.1 Å². The highest BCUT2D eigenvalue weighted by atomic mass is 32.2. The van der Waals surface area contributed by atoms with Gasteiger partial charge in [-0.2, -0.15) is 0 Å². The van der Waals surface area contributed by atoms with Crippen LogP contribution in [0.4, 0.5) is 4.79 Å². The first-order chi connectivity index (χ1) is 22.3. The second-order valence-electron chi connectivity index (χ2n) is 11.9. The zero-order valence-electron chi connectivity index (χ0n) is 27.0. The minimum atomic E-state index is -4.20. The summed E-state index contributed by atoms with van der Waals surface area (Å²) in [5.74, 6) is -1.95. The number of hydrogen-bond donors (Lipinski definition) is 1. The number of sulfone groups is 1. The van der Waals surface area contributed by atoms with E-state index in [1.165, 1.54) is 34.1 Å². The summed E-state index contributed by atoms with van der Waals surface area (Å²) in [6.07, 6.45) is -0.786. The van der Waals surface area contributed by atoms with Crippen molar-refractivity contribution in [3.8, 4) is 11.3 Å². The van der Waals surface area contributed by atoms with Gasteiger partial charge in [0.1, 0.15) is 22.2 Å². The molecule has 12 nitrogen and oxygen atoms in total. The topological polar surface area (TPSA) is 152 Å². The van der Waals surface area contributed by atoms with Gasteiger partial charge in [-0.15, -0.1) is 0 Å². The molecule has 0 saturated carbocycles. The highest BCUT2D eigenvalue weighted by molar-refractivity contribution is 7.91. The summed E-state index contributed by atoms with van der Waals surface area (Å²) < 4.78 is 38.0. The molecule has 0 radical (unpaired) electrons. The van der Waals surface area contributed by atoms with Gasteiger partial charge in [-0.3, -0.25) is 14.4 Å². The van der Waals surface area contributed by atoms with E-state index in [0.29, 0.717) is 11.3 Å². The fourth-order valence-corrected chi connectivity index (χ4v) is 6.41. The molecule has 3 amide bonds. The lowest BCUT2D eigenvalue weighted by Gasteiger charge is -2.36. The van der Waals surface area contributed by atoms with Crippen LogP contribution in [0, 0.1) is 0 Å². The molecule has 1 fully saturated rings. The third-order valence-corrected chi connectivity index (χ3v) is 9.07. The van der Waals surface area contributed by atoms with Crippen molar-refractivity contribution in [1.82, 2.24) is 20.1 Å². The van der Waals surface area contributed by atoms with E-state index in [1.54, 1.807) is 70.2 Å². The van der Waals surface area contributed by atoms with Gasteiger partial charge in [0.05, 0.1) is 17.2 Å². The number of pyridine rings is 1. The molecule has 1 unspecified atom stereocenters. The lowest BCUT2D eigenvalue weighted by molar-refractivity contribution is -0.155. The maximum atomic E-state index is 14.0. The van der Waals surface area contributed by atoms with E-state index in [9.17, 15) is 27.6 Å². The third kappa shape index (κ3) is 9.16. The molecular weight excluding hydrogens is 624 g/mol. The summed E-state index contributed by atoms with van der Waals surface area (Å²) in [6.45, 7) is 7.87. The number of benzene rings is 2. The van der Waals surface area contributed by atoms with Crippen molar-refractivity contribution >= 4 is 33.7 Å². The molecule has 1 saturated heterocycles. The van der Waals surface area contributed by atoms with Crippen LogP contribution in [0.2, 0.25) is 0 Å². The summed E-state index contributed by atoms with van der Waals surface area (Å²) in [6, 6.07) is 18.3. The van der Waals surface area contributed by atoms with Crippen LogP contribution in [0.3, 0.4) is 0 Å². The molecule has 1 atom stereocenters. The van der Waals surface area contributed by atoms with Crippen LogP contribution in [-0.4, -0.2) is 91.5 Å². The van der Waals surface area contributed by atoms with Crippen LogP contribution < -0.4 is 5.32 Å². The van der Waals surface area contributed by atoms with Gasteiger partial charge in [0, 0.05) is 38.2 Å². The summed E-state index contributed by atoms with van der Waals surface area (Å²) in [7, 11) is -4.20. The minimum absolute atomic E-state index is 0.0275. The fraction of sp³-hybridized carbons (Fsp3) is 0.382. The molecule has 1 aliphatic heterocycles. The van der Waals surface area contributed by atoms with Crippen molar-refractivity contribution in [2.75, 3.05) is 32.8 Å². The Morgan fingerprint density at radius 3 is 2.06 bits per heavy atom. The number of aromatic nitrogens is 1. The Kier molecular flexibility index (Phi) is 11.3. The zero-order valence-corrected chi connectivity index (χ0v) is 27.8. The van der Waals surface area contributed by atoms with Crippen LogP contribution in [0.15, 0.2) is 82.6 Å². The van der Waals surface area contributed by atoms with Gasteiger partial charge in [-0.05, 0) is 58.4 Å². The summed E-state index contributed by atoms with van der Waals surface area (Å²) in [5, 5.41) is 2.68. The van der Waals surface area contributed by atoms with Crippen LogP contribution in [0.25, 0.3) is 11.3 Å². The fourth-order valence-electron chi connectivity index (χ4n) is 5.01. The number of nitrogens with zero attached hydrogens (tertiary/aromatic N) is 3.